The molecule has 0 radical (unpaired) electrons. The molecule has 0 spiro atoms. The number of amides is 2. The Hall–Kier alpha value is -3.02. The van der Waals surface area contributed by atoms with E-state index in [1.54, 1.807) is 12.1 Å². The number of aromatic nitrogens is 2. The number of pyridine rings is 2. The Morgan fingerprint density at radius 2 is 0.964 bits per heavy atom. The van der Waals surface area contributed by atoms with Gasteiger partial charge in [0.1, 0.15) is 11.4 Å². The van der Waals surface area contributed by atoms with Crippen molar-refractivity contribution < 1.29 is 9.59 Å². The monoisotopic (exact) mass is 374 g/mol. The molecule has 2 saturated heterocycles. The molecule has 1 aromatic carbocycles. The van der Waals surface area contributed by atoms with Crippen LogP contribution in [0.1, 0.15) is 46.7 Å². The van der Waals surface area contributed by atoms with E-state index in [0.717, 1.165) is 62.6 Å². The van der Waals surface area contributed by atoms with Crippen molar-refractivity contribution >= 4 is 33.6 Å². The number of fused-ring (bicyclic) bond motifs is 3. The fraction of sp³-hybridized carbons (Fsp3) is 0.364. The fourth-order valence-electron chi connectivity index (χ4n) is 4.17. The summed E-state index contributed by atoms with van der Waals surface area (Å²) in [6.07, 6.45) is 4.19. The van der Waals surface area contributed by atoms with E-state index in [2.05, 4.69) is 9.97 Å². The lowest BCUT2D eigenvalue weighted by atomic mass is 10.1. The molecular formula is C22H22N4O2. The van der Waals surface area contributed by atoms with E-state index in [1.807, 2.05) is 34.1 Å². The van der Waals surface area contributed by atoms with Gasteiger partial charge in [-0.3, -0.25) is 9.59 Å². The number of carbonyl (C=O) groups excluding carboxylic acids is 2. The first-order chi connectivity index (χ1) is 13.7. The van der Waals surface area contributed by atoms with Crippen LogP contribution in [0.5, 0.6) is 0 Å². The Labute approximate surface area is 163 Å². The highest BCUT2D eigenvalue weighted by Crippen LogP contribution is 2.24. The van der Waals surface area contributed by atoms with E-state index in [4.69, 9.17) is 0 Å². The molecule has 3 aromatic rings. The molecule has 2 fully saturated rings. The van der Waals surface area contributed by atoms with Crippen LogP contribution in [-0.2, 0) is 0 Å². The lowest BCUT2D eigenvalue weighted by Crippen LogP contribution is -2.28. The molecule has 2 aromatic heterocycles. The van der Waals surface area contributed by atoms with Gasteiger partial charge in [0.15, 0.2) is 0 Å². The van der Waals surface area contributed by atoms with Gasteiger partial charge in [-0.15, -0.1) is 0 Å². The van der Waals surface area contributed by atoms with Gasteiger partial charge in [-0.05, 0) is 37.8 Å². The highest BCUT2D eigenvalue weighted by atomic mass is 16.2. The van der Waals surface area contributed by atoms with Crippen molar-refractivity contribution in [2.45, 2.75) is 25.7 Å². The van der Waals surface area contributed by atoms with Gasteiger partial charge in [-0.2, -0.15) is 0 Å². The van der Waals surface area contributed by atoms with Crippen molar-refractivity contribution in [2.24, 2.45) is 0 Å². The smallest absolute Gasteiger partial charge is 0.272 e. The molecule has 0 atom stereocenters. The summed E-state index contributed by atoms with van der Waals surface area (Å²) in [4.78, 5) is 38.6. The van der Waals surface area contributed by atoms with Gasteiger partial charge in [0.2, 0.25) is 0 Å². The van der Waals surface area contributed by atoms with Crippen LogP contribution in [0.2, 0.25) is 0 Å². The van der Waals surface area contributed by atoms with Crippen molar-refractivity contribution in [3.8, 4) is 0 Å². The van der Waals surface area contributed by atoms with E-state index in [9.17, 15) is 9.59 Å². The second kappa shape index (κ2) is 6.86. The van der Waals surface area contributed by atoms with E-state index in [-0.39, 0.29) is 11.8 Å². The van der Waals surface area contributed by atoms with Crippen LogP contribution in [0.3, 0.4) is 0 Å². The third kappa shape index (κ3) is 2.89. The summed E-state index contributed by atoms with van der Waals surface area (Å²) in [7, 11) is 0. The third-order valence-electron chi connectivity index (χ3n) is 5.74. The SMILES string of the molecule is O=C(c1ccc2ccc3ccc(C(=O)N4CCCC4)nc3c2n1)N1CCCC1. The number of carbonyl (C=O) groups is 2. The van der Waals surface area contributed by atoms with Gasteiger partial charge in [0.25, 0.3) is 11.8 Å². The van der Waals surface area contributed by atoms with Crippen molar-refractivity contribution in [3.05, 3.63) is 47.8 Å². The third-order valence-corrected chi connectivity index (χ3v) is 5.74. The van der Waals surface area contributed by atoms with Crippen LogP contribution < -0.4 is 0 Å². The predicted octanol–water partition coefficient (Wildman–Crippen LogP) is 3.26. The molecule has 0 bridgehead atoms. The van der Waals surface area contributed by atoms with Gasteiger partial charge in [0.05, 0.1) is 11.0 Å². The van der Waals surface area contributed by atoms with Crippen LogP contribution in [0.4, 0.5) is 0 Å². The first-order valence-corrected chi connectivity index (χ1v) is 10.00. The van der Waals surface area contributed by atoms with Crippen molar-refractivity contribution in [1.29, 1.82) is 0 Å². The summed E-state index contributed by atoms with van der Waals surface area (Å²) >= 11 is 0. The van der Waals surface area contributed by atoms with Crippen LogP contribution in [0, 0.1) is 0 Å². The molecule has 6 nitrogen and oxygen atoms in total. The molecule has 2 amide bonds. The van der Waals surface area contributed by atoms with Gasteiger partial charge in [-0.1, -0.05) is 24.3 Å². The van der Waals surface area contributed by atoms with Crippen molar-refractivity contribution in [1.82, 2.24) is 19.8 Å². The van der Waals surface area contributed by atoms with Gasteiger partial charge in [-0.25, -0.2) is 9.97 Å². The largest absolute Gasteiger partial charge is 0.337 e. The molecule has 0 saturated carbocycles. The molecule has 2 aliphatic rings. The maximum absolute atomic E-state index is 12.8. The molecule has 5 rings (SSSR count). The summed E-state index contributed by atoms with van der Waals surface area (Å²) in [5.41, 5.74) is 2.25. The van der Waals surface area contributed by atoms with E-state index >= 15 is 0 Å². The molecule has 142 valence electrons. The molecule has 2 aliphatic heterocycles. The summed E-state index contributed by atoms with van der Waals surface area (Å²) in [6.45, 7) is 3.17. The summed E-state index contributed by atoms with van der Waals surface area (Å²) < 4.78 is 0. The highest BCUT2D eigenvalue weighted by molar-refractivity contribution is 6.06. The zero-order chi connectivity index (χ0) is 19.1. The number of nitrogens with zero attached hydrogens (tertiary/aromatic N) is 4. The zero-order valence-corrected chi connectivity index (χ0v) is 15.7. The standard InChI is InChI=1S/C22H22N4O2/c27-21(25-11-1-2-12-25)17-9-7-15-5-6-16-8-10-18(24-20(16)19(15)23-17)22(28)26-13-3-4-14-26/h5-10H,1-4,11-14H2. The number of likely N-dealkylation sites (tertiary alicyclic amines) is 2. The quantitative estimate of drug-likeness (QED) is 0.646. The normalized spacial score (nSPS) is 17.0. The number of rotatable bonds is 2. The highest BCUT2D eigenvalue weighted by Gasteiger charge is 2.23. The van der Waals surface area contributed by atoms with Crippen LogP contribution in [0.15, 0.2) is 36.4 Å². The minimum Gasteiger partial charge on any atom is -0.337 e. The molecule has 0 aliphatic carbocycles. The van der Waals surface area contributed by atoms with Crippen LogP contribution in [0.25, 0.3) is 21.8 Å². The first kappa shape index (κ1) is 17.1. The lowest BCUT2D eigenvalue weighted by molar-refractivity contribution is 0.0779. The topological polar surface area (TPSA) is 66.4 Å². The zero-order valence-electron chi connectivity index (χ0n) is 15.7. The average molecular weight is 374 g/mol. The Balaban J connectivity index is 1.60. The molecule has 4 heterocycles. The molecular weight excluding hydrogens is 352 g/mol. The Bertz CT molecular complexity index is 996. The Kier molecular flexibility index (Phi) is 4.19. The second-order valence-corrected chi connectivity index (χ2v) is 7.60. The van der Waals surface area contributed by atoms with Crippen molar-refractivity contribution in [2.75, 3.05) is 26.2 Å². The van der Waals surface area contributed by atoms with Crippen LogP contribution >= 0.6 is 0 Å². The average Bonchev–Trinajstić information content (AvgIpc) is 3.46. The Morgan fingerprint density at radius 3 is 1.36 bits per heavy atom. The maximum Gasteiger partial charge on any atom is 0.272 e. The molecule has 0 unspecified atom stereocenters. The number of hydrogen-bond acceptors (Lipinski definition) is 4. The van der Waals surface area contributed by atoms with Crippen LogP contribution in [-0.4, -0.2) is 57.8 Å². The van der Waals surface area contributed by atoms with Gasteiger partial charge >= 0.3 is 0 Å². The first-order valence-electron chi connectivity index (χ1n) is 10.00. The minimum absolute atomic E-state index is 0.0271. The summed E-state index contributed by atoms with van der Waals surface area (Å²) in [6, 6.07) is 11.4. The van der Waals surface area contributed by atoms with Gasteiger partial charge in [0, 0.05) is 37.0 Å². The Morgan fingerprint density at radius 1 is 0.607 bits per heavy atom. The lowest BCUT2D eigenvalue weighted by Gasteiger charge is -2.16. The fourth-order valence-corrected chi connectivity index (χ4v) is 4.17. The van der Waals surface area contributed by atoms with Crippen molar-refractivity contribution in [3.63, 3.8) is 0 Å². The predicted molar refractivity (Wildman–Crippen MR) is 107 cm³/mol. The molecule has 0 N–H and O–H groups in total. The summed E-state index contributed by atoms with van der Waals surface area (Å²) in [5, 5.41) is 1.84. The van der Waals surface area contributed by atoms with E-state index in [1.165, 1.54) is 0 Å². The summed E-state index contributed by atoms with van der Waals surface area (Å²) in [5.74, 6) is -0.0543. The minimum atomic E-state index is -0.0271. The second-order valence-electron chi connectivity index (χ2n) is 7.60. The van der Waals surface area contributed by atoms with Gasteiger partial charge < -0.3 is 9.80 Å². The van der Waals surface area contributed by atoms with E-state index in [0.29, 0.717) is 22.4 Å². The molecule has 6 heteroatoms. The molecule has 28 heavy (non-hydrogen) atoms. The van der Waals surface area contributed by atoms with E-state index < -0.39 is 0 Å². The number of benzene rings is 1. The maximum atomic E-state index is 12.8. The number of hydrogen-bond donors (Lipinski definition) is 0.